The fourth-order valence-corrected chi connectivity index (χ4v) is 9.31. The summed E-state index contributed by atoms with van der Waals surface area (Å²) in [5.41, 5.74) is 1.35. The summed E-state index contributed by atoms with van der Waals surface area (Å²) in [6.45, 7) is -1.32. The molecule has 1 fully saturated rings. The molecule has 0 aliphatic carbocycles. The second-order valence-corrected chi connectivity index (χ2v) is 18.1. The van der Waals surface area contributed by atoms with Crippen LogP contribution in [0.3, 0.4) is 0 Å². The molecule has 3 unspecified atom stereocenters. The number of benzene rings is 5. The van der Waals surface area contributed by atoms with E-state index in [2.05, 4.69) is 20.3 Å². The molecular formula is C55H52N6O15P+. The predicted octanol–water partition coefficient (Wildman–Crippen LogP) is 7.61. The van der Waals surface area contributed by atoms with Crippen LogP contribution < -0.4 is 24.3 Å². The van der Waals surface area contributed by atoms with E-state index in [1.165, 1.54) is 31.9 Å². The molecule has 6 atom stereocenters. The van der Waals surface area contributed by atoms with Crippen LogP contribution in [0.5, 0.6) is 17.2 Å². The molecule has 2 N–H and O–H groups in total. The Balaban J connectivity index is 1.11. The highest BCUT2D eigenvalue weighted by Gasteiger charge is 2.53. The first kappa shape index (κ1) is 53.6. The van der Waals surface area contributed by atoms with Gasteiger partial charge in [-0.05, 0) is 69.8 Å². The van der Waals surface area contributed by atoms with E-state index in [0.29, 0.717) is 44.0 Å². The Morgan fingerprint density at radius 3 is 2.00 bits per heavy atom. The van der Waals surface area contributed by atoms with E-state index in [4.69, 9.17) is 47.2 Å². The number of carbonyl (C=O) groups is 2. The standard InChI is InChI=1S/C55H51N6O15P/c1-67-41-23-19-39(20-24-41)55(38-17-11-6-12-18-38,40-21-25-42(68-2)26-22-40)75-47-45(30-70-35-77(66)76-54(64)44-29-43(69-3)27-28-61(44)65)74-52(48(47)72-33-71-34-73-53(63)37-15-9-5-10-16-37)60-32-58-46-49(56-31-57-50(46)60)59-51(62)36-13-7-4-8-14-36/h4-29,31-32,45,47-48,52,54,64H,30,33-35H2,1-3H3/p+1/t45?,47-,48-,52-,54?/m1/s1. The second kappa shape index (κ2) is 25.1. The molecule has 396 valence electrons. The summed E-state index contributed by atoms with van der Waals surface area (Å²) in [4.78, 5) is 39.9. The molecular weight excluding hydrogens is 1020 g/mol. The van der Waals surface area contributed by atoms with Crippen molar-refractivity contribution in [3.8, 4) is 17.2 Å². The van der Waals surface area contributed by atoms with Gasteiger partial charge in [-0.2, -0.15) is 4.73 Å². The van der Waals surface area contributed by atoms with Crippen LogP contribution in [-0.2, 0) is 43.1 Å². The molecule has 8 aromatic rings. The minimum Gasteiger partial charge on any atom is -0.618 e. The third kappa shape index (κ3) is 12.2. The van der Waals surface area contributed by atoms with Crippen molar-refractivity contribution in [2.45, 2.75) is 36.4 Å². The van der Waals surface area contributed by atoms with Gasteiger partial charge in [-0.1, -0.05) is 91.0 Å². The number of nitrogens with zero attached hydrogens (tertiary/aromatic N) is 5. The van der Waals surface area contributed by atoms with Crippen molar-refractivity contribution in [3.05, 3.63) is 209 Å². The minimum atomic E-state index is -2.79. The van der Waals surface area contributed by atoms with Crippen LogP contribution in [0.4, 0.5) is 5.82 Å². The number of nitrogens with one attached hydrogen (secondary N) is 1. The van der Waals surface area contributed by atoms with Crippen LogP contribution in [0.2, 0.25) is 0 Å². The van der Waals surface area contributed by atoms with Gasteiger partial charge in [0, 0.05) is 11.6 Å². The number of imidazole rings is 1. The number of ether oxygens (including phenoxy) is 9. The van der Waals surface area contributed by atoms with Crippen molar-refractivity contribution in [2.24, 2.45) is 0 Å². The van der Waals surface area contributed by atoms with Crippen molar-refractivity contribution >= 4 is 36.9 Å². The largest absolute Gasteiger partial charge is 0.618 e. The van der Waals surface area contributed by atoms with Crippen LogP contribution >= 0.6 is 8.03 Å². The van der Waals surface area contributed by atoms with E-state index in [-0.39, 0.29) is 35.0 Å². The van der Waals surface area contributed by atoms with E-state index in [1.807, 2.05) is 78.9 Å². The topological polar surface area (TPSA) is 246 Å². The first-order valence-electron chi connectivity index (χ1n) is 23.9. The number of rotatable bonds is 24. The predicted molar refractivity (Wildman–Crippen MR) is 275 cm³/mol. The lowest BCUT2D eigenvalue weighted by molar-refractivity contribution is -0.622. The number of anilines is 1. The summed E-state index contributed by atoms with van der Waals surface area (Å²) < 4.78 is 75.9. The zero-order valence-corrected chi connectivity index (χ0v) is 42.6. The van der Waals surface area contributed by atoms with Crippen LogP contribution in [-0.4, -0.2) is 103 Å². The molecule has 21 nitrogen and oxygen atoms in total. The van der Waals surface area contributed by atoms with Gasteiger partial charge in [0.15, 0.2) is 43.0 Å². The van der Waals surface area contributed by atoms with Crippen LogP contribution in [0.15, 0.2) is 171 Å². The number of aromatic nitrogens is 5. The number of aliphatic hydroxyl groups is 1. The third-order valence-electron chi connectivity index (χ3n) is 12.4. The van der Waals surface area contributed by atoms with Crippen molar-refractivity contribution in [1.82, 2.24) is 19.5 Å². The van der Waals surface area contributed by atoms with Crippen LogP contribution in [0, 0.1) is 5.21 Å². The number of methoxy groups -OCH3 is 3. The van der Waals surface area contributed by atoms with Gasteiger partial charge >= 0.3 is 14.0 Å². The SMILES string of the molecule is COc1ccc(C(O[C@@H]2C(COC[P+](=O)OC(O)c3cc(OC)cc[n+]3[O-])O[C@@H](n3cnc4c(NC(=O)c5ccccc5)ncnc43)[C@@H]2OCOCOC(=O)c2ccccc2)(c2ccccc2)c2ccc(OC)cc2)cc1. The number of aliphatic hydroxyl groups excluding tert-OH is 1. The molecule has 5 aromatic carbocycles. The molecule has 3 aromatic heterocycles. The molecule has 0 radical (unpaired) electrons. The zero-order valence-electron chi connectivity index (χ0n) is 41.7. The fraction of sp³-hybridized carbons (Fsp3) is 0.236. The average molecular weight is 1070 g/mol. The quantitative estimate of drug-likeness (QED) is 0.0112. The first-order valence-corrected chi connectivity index (χ1v) is 25.2. The normalized spacial score (nSPS) is 16.9. The van der Waals surface area contributed by atoms with E-state index < -0.39 is 76.3 Å². The Morgan fingerprint density at radius 2 is 1.36 bits per heavy atom. The highest BCUT2D eigenvalue weighted by molar-refractivity contribution is 7.38. The number of esters is 1. The van der Waals surface area contributed by atoms with E-state index in [9.17, 15) is 24.5 Å². The summed E-state index contributed by atoms with van der Waals surface area (Å²) in [6, 6.07) is 43.9. The molecule has 22 heteroatoms. The van der Waals surface area contributed by atoms with Crippen molar-refractivity contribution in [1.29, 1.82) is 0 Å². The lowest BCUT2D eigenvalue weighted by Crippen LogP contribution is -2.46. The third-order valence-corrected chi connectivity index (χ3v) is 13.2. The highest BCUT2D eigenvalue weighted by atomic mass is 31.1. The Labute approximate surface area is 442 Å². The Kier molecular flexibility index (Phi) is 17.4. The lowest BCUT2D eigenvalue weighted by atomic mass is 9.79. The highest BCUT2D eigenvalue weighted by Crippen LogP contribution is 2.47. The number of pyridine rings is 1. The number of carbonyl (C=O) groups excluding carboxylic acids is 2. The van der Waals surface area contributed by atoms with Crippen LogP contribution in [0.25, 0.3) is 11.2 Å². The zero-order chi connectivity index (χ0) is 53.7. The summed E-state index contributed by atoms with van der Waals surface area (Å²) >= 11 is 0. The smallest absolute Gasteiger partial charge is 0.540 e. The molecule has 4 heterocycles. The Hall–Kier alpha value is -8.24. The van der Waals surface area contributed by atoms with Gasteiger partial charge in [-0.25, -0.2) is 19.7 Å². The number of amides is 1. The monoisotopic (exact) mass is 1070 g/mol. The van der Waals surface area contributed by atoms with Crippen molar-refractivity contribution in [2.75, 3.05) is 53.2 Å². The maximum atomic E-state index is 13.5. The maximum Gasteiger partial charge on any atom is 0.540 e. The van der Waals surface area contributed by atoms with Crippen molar-refractivity contribution < 1.29 is 71.1 Å². The molecule has 9 rings (SSSR count). The fourth-order valence-electron chi connectivity index (χ4n) is 8.66. The van der Waals surface area contributed by atoms with Gasteiger partial charge in [0.1, 0.15) is 47.5 Å². The molecule has 0 bridgehead atoms. The summed E-state index contributed by atoms with van der Waals surface area (Å²) in [7, 11) is 1.73. The molecule has 1 aliphatic heterocycles. The van der Waals surface area contributed by atoms with Gasteiger partial charge in [-0.3, -0.25) is 9.36 Å². The molecule has 0 saturated carbocycles. The molecule has 1 amide bonds. The molecule has 1 saturated heterocycles. The van der Waals surface area contributed by atoms with E-state index in [0.717, 1.165) is 6.20 Å². The van der Waals surface area contributed by atoms with Gasteiger partial charge < -0.3 is 58.3 Å². The number of hydrogen-bond acceptors (Lipinski definition) is 18. The number of fused-ring (bicyclic) bond motifs is 1. The van der Waals surface area contributed by atoms with Crippen molar-refractivity contribution in [3.63, 3.8) is 0 Å². The minimum absolute atomic E-state index is 0.110. The summed E-state index contributed by atoms with van der Waals surface area (Å²) in [5, 5.41) is 26.3. The molecule has 77 heavy (non-hydrogen) atoms. The summed E-state index contributed by atoms with van der Waals surface area (Å²) in [6.07, 6.45) is -3.34. The number of hydrogen-bond donors (Lipinski definition) is 2. The first-order chi connectivity index (χ1) is 37.6. The average Bonchev–Trinajstić information content (AvgIpc) is 4.17. The Bertz CT molecular complexity index is 3200. The Morgan fingerprint density at radius 1 is 0.753 bits per heavy atom. The van der Waals surface area contributed by atoms with E-state index in [1.54, 1.807) is 79.5 Å². The van der Waals surface area contributed by atoms with E-state index >= 15 is 0 Å². The molecule has 1 aliphatic rings. The lowest BCUT2D eigenvalue weighted by Gasteiger charge is -2.40. The summed E-state index contributed by atoms with van der Waals surface area (Å²) in [5.74, 6) is 0.477. The second-order valence-electron chi connectivity index (χ2n) is 17.0. The maximum absolute atomic E-state index is 13.5. The van der Waals surface area contributed by atoms with Gasteiger partial charge in [0.25, 0.3) is 24.2 Å². The van der Waals surface area contributed by atoms with Crippen LogP contribution in [0.1, 0.15) is 55.6 Å². The van der Waals surface area contributed by atoms with Gasteiger partial charge in [-0.15, -0.1) is 4.52 Å². The van der Waals surface area contributed by atoms with Gasteiger partial charge in [0.05, 0.1) is 45.9 Å². The van der Waals surface area contributed by atoms with Gasteiger partial charge in [0.2, 0.25) is 0 Å². The molecule has 0 spiro atoms.